The molecule has 0 aliphatic heterocycles. The molecule has 1 aromatic rings. The number of aromatic nitrogens is 1. The molecule has 0 amide bonds. The topological polar surface area (TPSA) is 90.7 Å². The molecule has 3 N–H and O–H groups in total. The molecule has 0 fully saturated rings. The molecule has 5 nitrogen and oxygen atoms in total. The van der Waals surface area contributed by atoms with Crippen LogP contribution in [0.15, 0.2) is 18.3 Å². The van der Waals surface area contributed by atoms with Gasteiger partial charge in [-0.2, -0.15) is 0 Å². The van der Waals surface area contributed by atoms with E-state index in [9.17, 15) is 15.0 Å². The molecule has 6 heteroatoms. The number of hydrogen-bond acceptors (Lipinski definition) is 6. The van der Waals surface area contributed by atoms with Gasteiger partial charge >= 0.3 is 0 Å². The fourth-order valence-electron chi connectivity index (χ4n) is 1.06. The van der Waals surface area contributed by atoms with Gasteiger partial charge in [0.25, 0.3) is 0 Å². The molecule has 0 aliphatic rings. The molecule has 2 atom stereocenters. The van der Waals surface area contributed by atoms with Gasteiger partial charge in [-0.25, -0.2) is 0 Å². The number of nitrogens with zero attached hydrogens (tertiary/aromatic N) is 1. The van der Waals surface area contributed by atoms with Crippen molar-refractivity contribution in [2.24, 2.45) is 0 Å². The normalized spacial score (nSPS) is 14.4. The molecule has 1 aromatic heterocycles. The summed E-state index contributed by atoms with van der Waals surface area (Å²) in [6.07, 6.45) is -1.04. The third-order valence-corrected chi connectivity index (χ3v) is 2.81. The van der Waals surface area contributed by atoms with Gasteiger partial charge in [-0.15, -0.1) is 0 Å². The maximum absolute atomic E-state index is 10.7. The lowest BCUT2D eigenvalue weighted by molar-refractivity contribution is -0.109. The highest BCUT2D eigenvalue weighted by atomic mass is 32.2. The average molecular weight is 243 g/mol. The number of hydrogen-bond donors (Lipinski definition) is 3. The minimum atomic E-state index is -1.16. The van der Waals surface area contributed by atoms with Crippen molar-refractivity contribution in [2.45, 2.75) is 19.1 Å². The van der Waals surface area contributed by atoms with Crippen LogP contribution in [-0.4, -0.2) is 37.3 Å². The highest BCUT2D eigenvalue weighted by Gasteiger charge is 2.20. The zero-order chi connectivity index (χ0) is 12.1. The van der Waals surface area contributed by atoms with Crippen LogP contribution in [0.5, 0.6) is 5.75 Å². The lowest BCUT2D eigenvalue weighted by atomic mass is 10.1. The lowest BCUT2D eigenvalue weighted by Gasteiger charge is -2.16. The predicted molar refractivity (Wildman–Crippen MR) is 60.0 cm³/mol. The van der Waals surface area contributed by atoms with Crippen LogP contribution in [0.3, 0.4) is 0 Å². The minimum absolute atomic E-state index is 0.0106. The van der Waals surface area contributed by atoms with Crippen LogP contribution in [0.4, 0.5) is 0 Å². The van der Waals surface area contributed by atoms with E-state index < -0.39 is 12.2 Å². The van der Waals surface area contributed by atoms with Gasteiger partial charge in [0.05, 0.1) is 18.0 Å². The average Bonchev–Trinajstić information content (AvgIpc) is 2.26. The van der Waals surface area contributed by atoms with Crippen molar-refractivity contribution in [3.05, 3.63) is 24.0 Å². The van der Waals surface area contributed by atoms with Gasteiger partial charge in [-0.1, -0.05) is 11.8 Å². The van der Waals surface area contributed by atoms with Crippen LogP contribution >= 0.6 is 11.8 Å². The van der Waals surface area contributed by atoms with E-state index in [-0.39, 0.29) is 22.3 Å². The summed E-state index contributed by atoms with van der Waals surface area (Å²) in [5, 5.41) is 28.1. The van der Waals surface area contributed by atoms with Crippen LogP contribution < -0.4 is 0 Å². The van der Waals surface area contributed by atoms with Crippen molar-refractivity contribution >= 4 is 16.9 Å². The fraction of sp³-hybridized carbons (Fsp3) is 0.400. The van der Waals surface area contributed by atoms with Crippen molar-refractivity contribution in [3.63, 3.8) is 0 Å². The lowest BCUT2D eigenvalue weighted by Crippen LogP contribution is -2.22. The molecular formula is C10H13NO4S. The molecule has 0 spiro atoms. The van der Waals surface area contributed by atoms with E-state index in [0.29, 0.717) is 0 Å². The molecule has 1 heterocycles. The molecule has 88 valence electrons. The largest absolute Gasteiger partial charge is 0.506 e. The maximum Gasteiger partial charge on any atom is 0.185 e. The standard InChI is InChI=1S/C10H13NO4S/c1-6(12)16-5-9(14)10(15)8-3-2-7(13)4-11-8/h2-4,9-10,13-15H,5H2,1H3. The van der Waals surface area contributed by atoms with Gasteiger partial charge in [0.2, 0.25) is 0 Å². The maximum atomic E-state index is 10.7. The zero-order valence-electron chi connectivity index (χ0n) is 8.70. The number of carbonyl (C=O) groups excluding carboxylic acids is 1. The van der Waals surface area contributed by atoms with Crippen LogP contribution in [-0.2, 0) is 4.79 Å². The smallest absolute Gasteiger partial charge is 0.185 e. The molecule has 1 rings (SSSR count). The van der Waals surface area contributed by atoms with E-state index in [1.165, 1.54) is 25.3 Å². The first-order chi connectivity index (χ1) is 7.50. The van der Waals surface area contributed by atoms with Crippen LogP contribution in [0.1, 0.15) is 18.7 Å². The number of thioether (sulfide) groups is 1. The van der Waals surface area contributed by atoms with Crippen molar-refractivity contribution in [2.75, 3.05) is 5.75 Å². The van der Waals surface area contributed by atoms with Gasteiger partial charge in [-0.3, -0.25) is 9.78 Å². The number of carbonyl (C=O) groups is 1. The third-order valence-electron chi connectivity index (χ3n) is 1.90. The minimum Gasteiger partial charge on any atom is -0.506 e. The second-order valence-electron chi connectivity index (χ2n) is 3.26. The Bertz CT molecular complexity index is 354. The summed E-state index contributed by atoms with van der Waals surface area (Å²) in [5.74, 6) is 0.0996. The summed E-state index contributed by atoms with van der Waals surface area (Å²) in [6, 6.07) is 2.79. The number of aliphatic hydroxyl groups excluding tert-OH is 2. The quantitative estimate of drug-likeness (QED) is 0.711. The molecule has 0 bridgehead atoms. The highest BCUT2D eigenvalue weighted by molar-refractivity contribution is 8.13. The van der Waals surface area contributed by atoms with E-state index in [1.54, 1.807) is 0 Å². The SMILES string of the molecule is CC(=O)SCC(O)C(O)c1ccc(O)cn1. The molecule has 0 saturated heterocycles. The molecular weight excluding hydrogens is 230 g/mol. The van der Waals surface area contributed by atoms with Crippen LogP contribution in [0.25, 0.3) is 0 Å². The summed E-state index contributed by atoms with van der Waals surface area (Å²) in [6.45, 7) is 1.39. The van der Waals surface area contributed by atoms with Crippen molar-refractivity contribution < 1.29 is 20.1 Å². The van der Waals surface area contributed by atoms with Gasteiger partial charge in [0.15, 0.2) is 5.12 Å². The molecule has 0 aliphatic carbocycles. The number of pyridine rings is 1. The first kappa shape index (κ1) is 13.0. The molecule has 16 heavy (non-hydrogen) atoms. The number of aromatic hydroxyl groups is 1. The Morgan fingerprint density at radius 3 is 2.69 bits per heavy atom. The first-order valence-electron chi connectivity index (χ1n) is 4.65. The van der Waals surface area contributed by atoms with E-state index in [1.807, 2.05) is 0 Å². The van der Waals surface area contributed by atoms with Gasteiger partial charge in [0, 0.05) is 12.7 Å². The van der Waals surface area contributed by atoms with E-state index in [4.69, 9.17) is 5.11 Å². The van der Waals surface area contributed by atoms with Gasteiger partial charge in [-0.05, 0) is 12.1 Å². The molecule has 0 radical (unpaired) electrons. The van der Waals surface area contributed by atoms with Gasteiger partial charge in [0.1, 0.15) is 11.9 Å². The number of aliphatic hydroxyl groups is 2. The third kappa shape index (κ3) is 3.80. The molecule has 0 saturated carbocycles. The Balaban J connectivity index is 2.59. The predicted octanol–water partition coefficient (Wildman–Crippen LogP) is 0.461. The van der Waals surface area contributed by atoms with Crippen molar-refractivity contribution in [1.29, 1.82) is 0 Å². The Morgan fingerprint density at radius 1 is 1.50 bits per heavy atom. The monoisotopic (exact) mass is 243 g/mol. The van der Waals surface area contributed by atoms with Gasteiger partial charge < -0.3 is 15.3 Å². The second-order valence-corrected chi connectivity index (χ2v) is 4.45. The summed E-state index contributed by atoms with van der Waals surface area (Å²) in [5.41, 5.74) is 0.259. The van der Waals surface area contributed by atoms with Crippen molar-refractivity contribution in [3.8, 4) is 5.75 Å². The van der Waals surface area contributed by atoms with Crippen LogP contribution in [0, 0.1) is 0 Å². The Labute approximate surface area is 97.1 Å². The Hall–Kier alpha value is -1.11. The van der Waals surface area contributed by atoms with E-state index in [0.717, 1.165) is 11.8 Å². The molecule has 0 aromatic carbocycles. The number of rotatable bonds is 4. The summed E-state index contributed by atoms with van der Waals surface area (Å²) >= 11 is 0.939. The van der Waals surface area contributed by atoms with Crippen molar-refractivity contribution in [1.82, 2.24) is 4.98 Å². The first-order valence-corrected chi connectivity index (χ1v) is 5.63. The highest BCUT2D eigenvalue weighted by Crippen LogP contribution is 2.19. The van der Waals surface area contributed by atoms with E-state index >= 15 is 0 Å². The summed E-state index contributed by atoms with van der Waals surface area (Å²) in [4.78, 5) is 14.4. The summed E-state index contributed by atoms with van der Waals surface area (Å²) < 4.78 is 0. The second kappa shape index (κ2) is 5.83. The molecule has 2 unspecified atom stereocenters. The summed E-state index contributed by atoms with van der Waals surface area (Å²) in [7, 11) is 0. The zero-order valence-corrected chi connectivity index (χ0v) is 9.52. The Morgan fingerprint density at radius 2 is 2.19 bits per heavy atom. The Kier molecular flexibility index (Phi) is 4.72. The van der Waals surface area contributed by atoms with Crippen LogP contribution in [0.2, 0.25) is 0 Å². The van der Waals surface area contributed by atoms with E-state index in [2.05, 4.69) is 4.98 Å². The fourth-order valence-corrected chi connectivity index (χ4v) is 1.65.